The van der Waals surface area contributed by atoms with Gasteiger partial charge in [0, 0.05) is 24.4 Å². The smallest absolute Gasteiger partial charge is 0.275 e. The third-order valence-electron chi connectivity index (χ3n) is 2.94. The van der Waals surface area contributed by atoms with Crippen LogP contribution in [0.5, 0.6) is 5.75 Å². The van der Waals surface area contributed by atoms with Crippen molar-refractivity contribution in [3.05, 3.63) is 28.3 Å². The van der Waals surface area contributed by atoms with Crippen molar-refractivity contribution >= 4 is 11.4 Å². The normalized spacial score (nSPS) is 20.6. The number of nitro benzene ring substituents is 1. The number of ether oxygens (including phenoxy) is 3. The summed E-state index contributed by atoms with van der Waals surface area (Å²) in [6.07, 6.45) is -0.0877. The van der Waals surface area contributed by atoms with Crippen LogP contribution in [0.3, 0.4) is 0 Å². The van der Waals surface area contributed by atoms with Gasteiger partial charge in [-0.25, -0.2) is 0 Å². The van der Waals surface area contributed by atoms with E-state index in [0.717, 1.165) is 0 Å². The van der Waals surface area contributed by atoms with Gasteiger partial charge in [-0.2, -0.15) is 0 Å². The maximum absolute atomic E-state index is 10.8. The quantitative estimate of drug-likeness (QED) is 0.658. The van der Waals surface area contributed by atoms with Gasteiger partial charge in [0.1, 0.15) is 11.9 Å². The molecule has 1 aromatic carbocycles. The highest BCUT2D eigenvalue weighted by Crippen LogP contribution is 2.27. The molecule has 1 aromatic rings. The molecule has 1 atom stereocenters. The van der Waals surface area contributed by atoms with Crippen LogP contribution in [0.25, 0.3) is 0 Å². The molecule has 0 aromatic heterocycles. The second kappa shape index (κ2) is 5.64. The molecule has 1 N–H and O–H groups in total. The average molecular weight is 282 g/mol. The largest absolute Gasteiger partial charge is 0.496 e. The molecule has 0 aliphatic carbocycles. The van der Waals surface area contributed by atoms with Crippen LogP contribution >= 0.6 is 0 Å². The van der Waals surface area contributed by atoms with Gasteiger partial charge in [0.05, 0.1) is 24.7 Å². The Morgan fingerprint density at radius 1 is 1.50 bits per heavy atom. The summed E-state index contributed by atoms with van der Waals surface area (Å²) in [7, 11) is 1.47. The predicted octanol–water partition coefficient (Wildman–Crippen LogP) is 2.17. The summed E-state index contributed by atoms with van der Waals surface area (Å²) in [5.41, 5.74) is 0.597. The van der Waals surface area contributed by atoms with Crippen molar-refractivity contribution in [1.29, 1.82) is 0 Å². The number of benzene rings is 1. The van der Waals surface area contributed by atoms with Crippen molar-refractivity contribution < 1.29 is 19.1 Å². The third-order valence-corrected chi connectivity index (χ3v) is 2.94. The van der Waals surface area contributed by atoms with Crippen molar-refractivity contribution in [2.24, 2.45) is 0 Å². The third kappa shape index (κ3) is 3.58. The Hall–Kier alpha value is -1.86. The average Bonchev–Trinajstić information content (AvgIpc) is 2.75. The first-order valence-electron chi connectivity index (χ1n) is 6.29. The van der Waals surface area contributed by atoms with Gasteiger partial charge in [0.25, 0.3) is 5.69 Å². The Bertz CT molecular complexity index is 504. The van der Waals surface area contributed by atoms with E-state index in [-0.39, 0.29) is 11.8 Å². The number of nitrogens with zero attached hydrogens (tertiary/aromatic N) is 1. The first-order chi connectivity index (χ1) is 9.39. The molecule has 0 spiro atoms. The van der Waals surface area contributed by atoms with E-state index in [9.17, 15) is 10.1 Å². The van der Waals surface area contributed by atoms with Crippen LogP contribution in [0.1, 0.15) is 13.8 Å². The molecule has 1 saturated heterocycles. The minimum atomic E-state index is -0.577. The highest BCUT2D eigenvalue weighted by molar-refractivity contribution is 5.56. The Morgan fingerprint density at radius 2 is 2.25 bits per heavy atom. The van der Waals surface area contributed by atoms with Gasteiger partial charge in [-0.3, -0.25) is 10.1 Å². The van der Waals surface area contributed by atoms with E-state index in [1.54, 1.807) is 6.07 Å². The summed E-state index contributed by atoms with van der Waals surface area (Å²) in [5.74, 6) is -0.141. The number of rotatable bonds is 5. The summed E-state index contributed by atoms with van der Waals surface area (Å²) in [4.78, 5) is 10.4. The van der Waals surface area contributed by atoms with E-state index in [1.807, 2.05) is 13.8 Å². The van der Waals surface area contributed by atoms with Gasteiger partial charge in [-0.1, -0.05) is 0 Å². The monoisotopic (exact) mass is 282 g/mol. The maximum Gasteiger partial charge on any atom is 0.275 e. The van der Waals surface area contributed by atoms with Crippen LogP contribution in [0.2, 0.25) is 0 Å². The van der Waals surface area contributed by atoms with E-state index in [1.165, 1.54) is 19.2 Å². The van der Waals surface area contributed by atoms with Crippen molar-refractivity contribution in [2.45, 2.75) is 25.7 Å². The van der Waals surface area contributed by atoms with Crippen LogP contribution in [-0.2, 0) is 9.47 Å². The molecule has 1 aliphatic rings. The molecule has 0 radical (unpaired) electrons. The number of methoxy groups -OCH3 is 1. The molecule has 20 heavy (non-hydrogen) atoms. The molecule has 110 valence electrons. The summed E-state index contributed by atoms with van der Waals surface area (Å²) in [6.45, 7) is 4.70. The molecular weight excluding hydrogens is 264 g/mol. The minimum absolute atomic E-state index is 0.0178. The predicted molar refractivity (Wildman–Crippen MR) is 73.0 cm³/mol. The molecule has 1 fully saturated rings. The second-order valence-electron chi connectivity index (χ2n) is 5.01. The number of nitrogens with one attached hydrogen (secondary N) is 1. The van der Waals surface area contributed by atoms with Gasteiger partial charge in [0.2, 0.25) is 0 Å². The number of hydrogen-bond acceptors (Lipinski definition) is 6. The zero-order valence-corrected chi connectivity index (χ0v) is 11.7. The highest BCUT2D eigenvalue weighted by atomic mass is 16.7. The van der Waals surface area contributed by atoms with E-state index < -0.39 is 10.7 Å². The standard InChI is InChI=1S/C13H18N2O5/c1-13(2)19-8-12(20-13)7-14-9-4-10(15(16)17)6-11(5-9)18-3/h4-6,12,14H,7-8H2,1-3H3. The fraction of sp³-hybridized carbons (Fsp3) is 0.538. The summed E-state index contributed by atoms with van der Waals surface area (Å²) < 4.78 is 16.2. The minimum Gasteiger partial charge on any atom is -0.496 e. The Labute approximate surface area is 117 Å². The van der Waals surface area contributed by atoms with Crippen molar-refractivity contribution in [1.82, 2.24) is 0 Å². The van der Waals surface area contributed by atoms with E-state index >= 15 is 0 Å². The van der Waals surface area contributed by atoms with E-state index in [4.69, 9.17) is 14.2 Å². The van der Waals surface area contributed by atoms with Gasteiger partial charge in [0.15, 0.2) is 5.79 Å². The molecule has 7 heteroatoms. The molecular formula is C13H18N2O5. The molecule has 0 bridgehead atoms. The molecule has 0 amide bonds. The fourth-order valence-corrected chi connectivity index (χ4v) is 2.00. The van der Waals surface area contributed by atoms with Crippen molar-refractivity contribution in [2.75, 3.05) is 25.6 Å². The summed E-state index contributed by atoms with van der Waals surface area (Å²) in [6, 6.07) is 4.54. The number of anilines is 1. The highest BCUT2D eigenvalue weighted by Gasteiger charge is 2.32. The second-order valence-corrected chi connectivity index (χ2v) is 5.01. The van der Waals surface area contributed by atoms with Crippen molar-refractivity contribution in [3.63, 3.8) is 0 Å². The first kappa shape index (κ1) is 14.5. The number of non-ortho nitro benzene ring substituents is 1. The Kier molecular flexibility index (Phi) is 4.10. The van der Waals surface area contributed by atoms with Crippen LogP contribution in [0.15, 0.2) is 18.2 Å². The number of nitro groups is 1. The molecule has 1 unspecified atom stereocenters. The lowest BCUT2D eigenvalue weighted by Gasteiger charge is -2.17. The van der Waals surface area contributed by atoms with Gasteiger partial charge >= 0.3 is 0 Å². The van der Waals surface area contributed by atoms with Crippen molar-refractivity contribution in [3.8, 4) is 5.75 Å². The Morgan fingerprint density at radius 3 is 2.80 bits per heavy atom. The van der Waals surface area contributed by atoms with Gasteiger partial charge in [-0.05, 0) is 13.8 Å². The lowest BCUT2D eigenvalue weighted by Crippen LogP contribution is -2.26. The van der Waals surface area contributed by atoms with Crippen LogP contribution in [-0.4, -0.2) is 37.1 Å². The topological polar surface area (TPSA) is 82.9 Å². The fourth-order valence-electron chi connectivity index (χ4n) is 2.00. The summed E-state index contributed by atoms with van der Waals surface area (Å²) in [5, 5.41) is 13.9. The van der Waals surface area contributed by atoms with E-state index in [0.29, 0.717) is 24.6 Å². The lowest BCUT2D eigenvalue weighted by atomic mass is 10.2. The summed E-state index contributed by atoms with van der Waals surface area (Å²) >= 11 is 0. The van der Waals surface area contributed by atoms with Crippen LogP contribution in [0, 0.1) is 10.1 Å². The van der Waals surface area contributed by atoms with E-state index in [2.05, 4.69) is 5.32 Å². The maximum atomic E-state index is 10.8. The number of hydrogen-bond donors (Lipinski definition) is 1. The molecule has 0 saturated carbocycles. The van der Waals surface area contributed by atoms with Gasteiger partial charge < -0.3 is 19.5 Å². The molecule has 1 heterocycles. The van der Waals surface area contributed by atoms with Crippen LogP contribution in [0.4, 0.5) is 11.4 Å². The van der Waals surface area contributed by atoms with Gasteiger partial charge in [-0.15, -0.1) is 0 Å². The molecule has 2 rings (SSSR count). The zero-order valence-electron chi connectivity index (χ0n) is 11.7. The zero-order chi connectivity index (χ0) is 14.8. The SMILES string of the molecule is COc1cc(NCC2COC(C)(C)O2)cc([N+](=O)[O-])c1. The molecule has 1 aliphatic heterocycles. The molecule has 7 nitrogen and oxygen atoms in total. The van der Waals surface area contributed by atoms with Crippen LogP contribution < -0.4 is 10.1 Å². The lowest BCUT2D eigenvalue weighted by molar-refractivity contribution is -0.384. The Balaban J connectivity index is 2.02. The first-order valence-corrected chi connectivity index (χ1v) is 6.29.